The predicted octanol–water partition coefficient (Wildman–Crippen LogP) is 2.78. The molecule has 4 aromatic heterocycles. The lowest BCUT2D eigenvalue weighted by molar-refractivity contribution is 0.0926. The standard InChI is InChI=1S/C26H25F2N9O/c1-26(38,23-20(27)4-3-5-21(23)28)19-12-29-25(30-13-19)36-8-6-35(7-9-36)24-22-10-17(15-37(22)33-16-31-24)18-11-32-34(2)14-18/h3-5,10-16,38H,6-9H2,1-2H3. The molecule has 1 unspecified atom stereocenters. The number of halogens is 2. The lowest BCUT2D eigenvalue weighted by atomic mass is 9.89. The highest BCUT2D eigenvalue weighted by molar-refractivity contribution is 5.77. The number of rotatable bonds is 5. The number of aryl methyl sites for hydroxylation is 1. The fourth-order valence-electron chi connectivity index (χ4n) is 4.85. The molecule has 12 heteroatoms. The van der Waals surface area contributed by atoms with Crippen molar-refractivity contribution >= 4 is 17.3 Å². The molecule has 1 aromatic carbocycles. The van der Waals surface area contributed by atoms with E-state index in [4.69, 9.17) is 0 Å². The van der Waals surface area contributed by atoms with Crippen LogP contribution in [0.3, 0.4) is 0 Å². The average molecular weight is 518 g/mol. The van der Waals surface area contributed by atoms with E-state index in [0.29, 0.717) is 32.1 Å². The Morgan fingerprint density at radius 2 is 1.55 bits per heavy atom. The van der Waals surface area contributed by atoms with E-state index in [1.54, 1.807) is 11.0 Å². The molecule has 1 saturated heterocycles. The Morgan fingerprint density at radius 1 is 0.868 bits per heavy atom. The molecule has 0 aliphatic carbocycles. The quantitative estimate of drug-likeness (QED) is 0.380. The zero-order chi connectivity index (χ0) is 26.4. The molecule has 1 atom stereocenters. The van der Waals surface area contributed by atoms with Crippen molar-refractivity contribution in [2.24, 2.45) is 7.05 Å². The SMILES string of the molecule is Cn1cc(-c2cc3c(N4CCN(c5ncc(C(C)(O)c6c(F)cccc6F)cn5)CC4)ncnn3c2)cn1. The van der Waals surface area contributed by atoms with Crippen LogP contribution in [-0.4, -0.2) is 65.6 Å². The second-order valence-electron chi connectivity index (χ2n) is 9.46. The van der Waals surface area contributed by atoms with E-state index in [1.807, 2.05) is 35.1 Å². The molecule has 0 radical (unpaired) electrons. The van der Waals surface area contributed by atoms with Crippen molar-refractivity contribution in [2.45, 2.75) is 12.5 Å². The van der Waals surface area contributed by atoms with Crippen LogP contribution in [-0.2, 0) is 12.6 Å². The van der Waals surface area contributed by atoms with E-state index in [1.165, 1.54) is 25.4 Å². The molecule has 1 N–H and O–H groups in total. The number of fused-ring (bicyclic) bond motifs is 1. The largest absolute Gasteiger partial charge is 0.380 e. The Kier molecular flexibility index (Phi) is 5.75. The van der Waals surface area contributed by atoms with Gasteiger partial charge in [0.05, 0.1) is 11.8 Å². The number of hydrogen-bond donors (Lipinski definition) is 1. The van der Waals surface area contributed by atoms with Gasteiger partial charge in [-0.1, -0.05) is 6.07 Å². The van der Waals surface area contributed by atoms with Gasteiger partial charge in [0, 0.05) is 74.7 Å². The minimum Gasteiger partial charge on any atom is -0.380 e. The van der Waals surface area contributed by atoms with Gasteiger partial charge in [-0.05, 0) is 25.1 Å². The third-order valence-corrected chi connectivity index (χ3v) is 6.94. The van der Waals surface area contributed by atoms with E-state index < -0.39 is 22.8 Å². The maximum atomic E-state index is 14.3. The molecule has 1 fully saturated rings. The highest BCUT2D eigenvalue weighted by Gasteiger charge is 2.33. The number of anilines is 2. The molecule has 0 amide bonds. The Bertz CT molecular complexity index is 1580. The number of aliphatic hydroxyl groups is 1. The maximum Gasteiger partial charge on any atom is 0.225 e. The first-order valence-corrected chi connectivity index (χ1v) is 12.1. The molecular formula is C26H25F2N9O. The monoisotopic (exact) mass is 517 g/mol. The van der Waals surface area contributed by atoms with E-state index >= 15 is 0 Å². The van der Waals surface area contributed by atoms with Crippen LogP contribution in [0.15, 0.2) is 61.6 Å². The van der Waals surface area contributed by atoms with E-state index in [-0.39, 0.29) is 5.56 Å². The zero-order valence-corrected chi connectivity index (χ0v) is 20.8. The van der Waals surface area contributed by atoms with E-state index in [0.717, 1.165) is 34.6 Å². The van der Waals surface area contributed by atoms with Gasteiger partial charge in [0.15, 0.2) is 5.82 Å². The van der Waals surface area contributed by atoms with Crippen molar-refractivity contribution in [2.75, 3.05) is 36.0 Å². The minimum absolute atomic E-state index is 0.199. The minimum atomic E-state index is -1.92. The van der Waals surface area contributed by atoms with Gasteiger partial charge < -0.3 is 14.9 Å². The topological polar surface area (TPSA) is 100 Å². The molecule has 0 saturated carbocycles. The summed E-state index contributed by atoms with van der Waals surface area (Å²) in [6, 6.07) is 5.54. The fraction of sp³-hybridized carbons (Fsp3) is 0.269. The van der Waals surface area contributed by atoms with Crippen LogP contribution in [0.2, 0.25) is 0 Å². The van der Waals surface area contributed by atoms with Gasteiger partial charge in [-0.25, -0.2) is 28.2 Å². The first-order valence-electron chi connectivity index (χ1n) is 12.1. The third-order valence-electron chi connectivity index (χ3n) is 6.94. The highest BCUT2D eigenvalue weighted by atomic mass is 19.1. The Balaban J connectivity index is 1.18. The van der Waals surface area contributed by atoms with Crippen LogP contribution < -0.4 is 9.80 Å². The summed E-state index contributed by atoms with van der Waals surface area (Å²) in [5.74, 6) is -0.337. The van der Waals surface area contributed by atoms with Gasteiger partial charge in [-0.2, -0.15) is 10.2 Å². The van der Waals surface area contributed by atoms with Crippen molar-refractivity contribution in [3.05, 3.63) is 84.3 Å². The second kappa shape index (κ2) is 9.14. The van der Waals surface area contributed by atoms with Crippen molar-refractivity contribution in [3.63, 3.8) is 0 Å². The summed E-state index contributed by atoms with van der Waals surface area (Å²) in [5.41, 5.74) is 0.770. The van der Waals surface area contributed by atoms with E-state index in [9.17, 15) is 13.9 Å². The van der Waals surface area contributed by atoms with Crippen LogP contribution in [0, 0.1) is 11.6 Å². The van der Waals surface area contributed by atoms with Crippen LogP contribution in [0.25, 0.3) is 16.6 Å². The molecule has 194 valence electrons. The number of piperazine rings is 1. The number of hydrogen-bond acceptors (Lipinski definition) is 8. The number of aromatic nitrogens is 7. The van der Waals surface area contributed by atoms with Crippen LogP contribution >= 0.6 is 0 Å². The van der Waals surface area contributed by atoms with Crippen molar-refractivity contribution in [1.29, 1.82) is 0 Å². The summed E-state index contributed by atoms with van der Waals surface area (Å²) in [6.45, 7) is 3.98. The molecule has 6 rings (SSSR count). The Hall–Kier alpha value is -4.45. The predicted molar refractivity (Wildman–Crippen MR) is 137 cm³/mol. The van der Waals surface area contributed by atoms with Gasteiger partial charge in [0.1, 0.15) is 29.1 Å². The van der Waals surface area contributed by atoms with Gasteiger partial charge in [-0.3, -0.25) is 4.68 Å². The van der Waals surface area contributed by atoms with Crippen molar-refractivity contribution in [3.8, 4) is 11.1 Å². The zero-order valence-electron chi connectivity index (χ0n) is 20.8. The van der Waals surface area contributed by atoms with Gasteiger partial charge in [-0.15, -0.1) is 0 Å². The molecule has 0 bridgehead atoms. The lowest BCUT2D eigenvalue weighted by Gasteiger charge is -2.35. The van der Waals surface area contributed by atoms with Gasteiger partial charge in [0.2, 0.25) is 5.95 Å². The summed E-state index contributed by atoms with van der Waals surface area (Å²) in [4.78, 5) is 17.6. The molecule has 0 spiro atoms. The summed E-state index contributed by atoms with van der Waals surface area (Å²) in [7, 11) is 1.88. The highest BCUT2D eigenvalue weighted by Crippen LogP contribution is 2.33. The molecule has 10 nitrogen and oxygen atoms in total. The van der Waals surface area contributed by atoms with Crippen LogP contribution in [0.1, 0.15) is 18.1 Å². The summed E-state index contributed by atoms with van der Waals surface area (Å²) < 4.78 is 32.2. The molecule has 38 heavy (non-hydrogen) atoms. The fourth-order valence-corrected chi connectivity index (χ4v) is 4.85. The van der Waals surface area contributed by atoms with E-state index in [2.05, 4.69) is 36.1 Å². The number of nitrogens with zero attached hydrogens (tertiary/aromatic N) is 9. The maximum absolute atomic E-state index is 14.3. The van der Waals surface area contributed by atoms with Crippen molar-refractivity contribution in [1.82, 2.24) is 34.3 Å². The number of benzene rings is 1. The molecule has 1 aliphatic rings. The summed E-state index contributed by atoms with van der Waals surface area (Å²) >= 11 is 0. The van der Waals surface area contributed by atoms with Crippen LogP contribution in [0.4, 0.5) is 20.5 Å². The first-order chi connectivity index (χ1) is 18.3. The first kappa shape index (κ1) is 23.9. The molecule has 5 heterocycles. The van der Waals surface area contributed by atoms with Crippen LogP contribution in [0.5, 0.6) is 0 Å². The molecule has 5 aromatic rings. The lowest BCUT2D eigenvalue weighted by Crippen LogP contribution is -2.47. The third kappa shape index (κ3) is 4.12. The van der Waals surface area contributed by atoms with Gasteiger partial charge in [0.25, 0.3) is 0 Å². The normalized spacial score (nSPS) is 15.7. The van der Waals surface area contributed by atoms with Crippen molar-refractivity contribution < 1.29 is 13.9 Å². The molecule has 1 aliphatic heterocycles. The summed E-state index contributed by atoms with van der Waals surface area (Å²) in [6.07, 6.45) is 10.1. The molecular weight excluding hydrogens is 492 g/mol. The second-order valence-corrected chi connectivity index (χ2v) is 9.46. The Labute approximate surface area is 216 Å². The average Bonchev–Trinajstić information content (AvgIpc) is 3.55. The summed E-state index contributed by atoms with van der Waals surface area (Å²) in [5, 5.41) is 19.6. The van der Waals surface area contributed by atoms with Gasteiger partial charge >= 0.3 is 0 Å². The Morgan fingerprint density at radius 3 is 2.21 bits per heavy atom. The smallest absolute Gasteiger partial charge is 0.225 e.